The van der Waals surface area contributed by atoms with Crippen molar-refractivity contribution in [3.8, 4) is 0 Å². The van der Waals surface area contributed by atoms with Gasteiger partial charge in [-0.1, -0.05) is 7.43 Å². The molecule has 1 unspecified atom stereocenters. The molecule has 2 heteroatoms. The second-order valence-electron chi connectivity index (χ2n) is 3.30. The molecule has 0 aliphatic carbocycles. The summed E-state index contributed by atoms with van der Waals surface area (Å²) in [6, 6.07) is 0. The molecule has 1 heterocycles. The Labute approximate surface area is 63.4 Å². The van der Waals surface area contributed by atoms with E-state index in [1.165, 1.54) is 0 Å². The summed E-state index contributed by atoms with van der Waals surface area (Å²) in [5, 5.41) is 9.14. The van der Waals surface area contributed by atoms with Crippen LogP contribution < -0.4 is 0 Å². The van der Waals surface area contributed by atoms with Gasteiger partial charge in [0.1, 0.15) is 12.6 Å². The Hall–Kier alpha value is -0.340. The van der Waals surface area contributed by atoms with Gasteiger partial charge >= 0.3 is 0 Å². The SMILES string of the molecule is C.C[N+]1(C)CC=CC(O)C1. The normalized spacial score (nSPS) is 29.3. The van der Waals surface area contributed by atoms with Gasteiger partial charge in [0.15, 0.2) is 0 Å². The smallest absolute Gasteiger partial charge is 0.121 e. The lowest BCUT2D eigenvalue weighted by Crippen LogP contribution is -2.47. The van der Waals surface area contributed by atoms with E-state index in [9.17, 15) is 0 Å². The van der Waals surface area contributed by atoms with Crippen molar-refractivity contribution in [3.63, 3.8) is 0 Å². The number of aliphatic hydroxyl groups is 1. The van der Waals surface area contributed by atoms with Gasteiger partial charge in [-0.3, -0.25) is 0 Å². The molecule has 0 aromatic heterocycles. The zero-order valence-electron chi connectivity index (χ0n) is 6.04. The van der Waals surface area contributed by atoms with Crippen LogP contribution in [0.15, 0.2) is 12.2 Å². The molecule has 0 amide bonds. The number of quaternary nitrogens is 1. The molecular formula is C8H18NO+. The van der Waals surface area contributed by atoms with Crippen LogP contribution in [0.5, 0.6) is 0 Å². The minimum absolute atomic E-state index is 0. The Morgan fingerprint density at radius 3 is 2.40 bits per heavy atom. The molecule has 60 valence electrons. The van der Waals surface area contributed by atoms with Crippen LogP contribution in [0.2, 0.25) is 0 Å². The molecule has 1 aliphatic rings. The fraction of sp³-hybridized carbons (Fsp3) is 0.750. The van der Waals surface area contributed by atoms with E-state index in [1.54, 1.807) is 0 Å². The van der Waals surface area contributed by atoms with E-state index >= 15 is 0 Å². The Balaban J connectivity index is 0.000000810. The molecule has 10 heavy (non-hydrogen) atoms. The van der Waals surface area contributed by atoms with Crippen LogP contribution in [-0.2, 0) is 0 Å². The van der Waals surface area contributed by atoms with Crippen molar-refractivity contribution in [3.05, 3.63) is 12.2 Å². The van der Waals surface area contributed by atoms with Gasteiger partial charge in [-0.2, -0.15) is 0 Å². The van der Waals surface area contributed by atoms with Crippen LogP contribution in [0.25, 0.3) is 0 Å². The first-order chi connectivity index (χ1) is 4.10. The molecule has 2 nitrogen and oxygen atoms in total. The van der Waals surface area contributed by atoms with E-state index in [0.717, 1.165) is 17.6 Å². The van der Waals surface area contributed by atoms with Crippen molar-refractivity contribution in [2.45, 2.75) is 13.5 Å². The predicted molar refractivity (Wildman–Crippen MR) is 43.7 cm³/mol. The fourth-order valence-electron chi connectivity index (χ4n) is 1.15. The molecule has 1 N–H and O–H groups in total. The first-order valence-electron chi connectivity index (χ1n) is 3.27. The van der Waals surface area contributed by atoms with Crippen molar-refractivity contribution in [2.24, 2.45) is 0 Å². The average molecular weight is 144 g/mol. The van der Waals surface area contributed by atoms with Crippen molar-refractivity contribution in [1.29, 1.82) is 0 Å². The summed E-state index contributed by atoms with van der Waals surface area (Å²) in [4.78, 5) is 0. The Kier molecular flexibility index (Phi) is 3.06. The molecule has 0 saturated carbocycles. The number of rotatable bonds is 0. The largest absolute Gasteiger partial charge is 0.383 e. The highest BCUT2D eigenvalue weighted by Gasteiger charge is 2.20. The van der Waals surface area contributed by atoms with Crippen molar-refractivity contribution >= 4 is 0 Å². The molecule has 0 spiro atoms. The lowest BCUT2D eigenvalue weighted by atomic mass is 10.2. The second kappa shape index (κ2) is 3.17. The fourth-order valence-corrected chi connectivity index (χ4v) is 1.15. The molecule has 0 aromatic carbocycles. The molecule has 0 radical (unpaired) electrons. The summed E-state index contributed by atoms with van der Waals surface area (Å²) in [5.74, 6) is 0. The van der Waals surface area contributed by atoms with E-state index in [2.05, 4.69) is 14.1 Å². The van der Waals surface area contributed by atoms with Crippen molar-refractivity contribution < 1.29 is 9.59 Å². The topological polar surface area (TPSA) is 20.2 Å². The van der Waals surface area contributed by atoms with Gasteiger partial charge in [0.25, 0.3) is 0 Å². The van der Waals surface area contributed by atoms with E-state index in [4.69, 9.17) is 5.11 Å². The summed E-state index contributed by atoms with van der Waals surface area (Å²) >= 11 is 0. The maximum atomic E-state index is 9.14. The molecule has 1 rings (SSSR count). The lowest BCUT2D eigenvalue weighted by molar-refractivity contribution is -0.888. The first-order valence-corrected chi connectivity index (χ1v) is 3.27. The van der Waals surface area contributed by atoms with Crippen LogP contribution >= 0.6 is 0 Å². The van der Waals surface area contributed by atoms with Gasteiger partial charge in [0, 0.05) is 0 Å². The van der Waals surface area contributed by atoms with Gasteiger partial charge in [-0.25, -0.2) is 0 Å². The van der Waals surface area contributed by atoms with Crippen LogP contribution in [0.4, 0.5) is 0 Å². The zero-order chi connectivity index (χ0) is 6.91. The van der Waals surface area contributed by atoms with Gasteiger partial charge in [0.2, 0.25) is 0 Å². The highest BCUT2D eigenvalue weighted by Crippen LogP contribution is 2.06. The van der Waals surface area contributed by atoms with Gasteiger partial charge in [-0.15, -0.1) is 0 Å². The quantitative estimate of drug-likeness (QED) is 0.390. The number of likely N-dealkylation sites (N-methyl/N-ethyl adjacent to an activating group) is 1. The van der Waals surface area contributed by atoms with Gasteiger partial charge in [-0.05, 0) is 12.2 Å². The standard InChI is InChI=1S/C7H14NO.CH4/c1-8(2)5-3-4-7(9)6-8;/h3-4,7,9H,5-6H2,1-2H3;1H4/q+1;. The van der Waals surface area contributed by atoms with E-state index in [-0.39, 0.29) is 13.5 Å². The summed E-state index contributed by atoms with van der Waals surface area (Å²) in [7, 11) is 4.24. The lowest BCUT2D eigenvalue weighted by Gasteiger charge is -2.32. The maximum absolute atomic E-state index is 9.14. The van der Waals surface area contributed by atoms with E-state index < -0.39 is 0 Å². The van der Waals surface area contributed by atoms with Gasteiger partial charge in [0.05, 0.1) is 20.6 Å². The minimum atomic E-state index is -0.228. The minimum Gasteiger partial charge on any atom is -0.383 e. The van der Waals surface area contributed by atoms with Crippen molar-refractivity contribution in [1.82, 2.24) is 0 Å². The summed E-state index contributed by atoms with van der Waals surface area (Å²) in [5.41, 5.74) is 0. The third-order valence-electron chi connectivity index (χ3n) is 1.64. The van der Waals surface area contributed by atoms with Gasteiger partial charge < -0.3 is 9.59 Å². The van der Waals surface area contributed by atoms with Crippen molar-refractivity contribution in [2.75, 3.05) is 27.2 Å². The number of hydrogen-bond acceptors (Lipinski definition) is 1. The first kappa shape index (κ1) is 9.66. The summed E-state index contributed by atoms with van der Waals surface area (Å²) in [6.07, 6.45) is 3.67. The Morgan fingerprint density at radius 1 is 1.50 bits per heavy atom. The third-order valence-corrected chi connectivity index (χ3v) is 1.64. The zero-order valence-corrected chi connectivity index (χ0v) is 6.04. The highest BCUT2D eigenvalue weighted by atomic mass is 16.3. The average Bonchev–Trinajstić information content (AvgIpc) is 1.60. The summed E-state index contributed by atoms with van der Waals surface area (Å²) in [6.45, 7) is 1.88. The molecule has 0 bridgehead atoms. The Morgan fingerprint density at radius 2 is 2.10 bits per heavy atom. The van der Waals surface area contributed by atoms with E-state index in [0.29, 0.717) is 0 Å². The predicted octanol–water partition coefficient (Wildman–Crippen LogP) is 0.630. The van der Waals surface area contributed by atoms with Crippen LogP contribution in [-0.4, -0.2) is 42.9 Å². The summed E-state index contributed by atoms with van der Waals surface area (Å²) < 4.78 is 0.900. The second-order valence-corrected chi connectivity index (χ2v) is 3.30. The number of nitrogens with zero attached hydrogens (tertiary/aromatic N) is 1. The molecule has 0 saturated heterocycles. The molecule has 0 aromatic rings. The monoisotopic (exact) mass is 144 g/mol. The molecular weight excluding hydrogens is 126 g/mol. The molecule has 0 fully saturated rings. The third kappa shape index (κ3) is 2.50. The molecule has 1 aliphatic heterocycles. The number of aliphatic hydroxyl groups excluding tert-OH is 1. The number of hydrogen-bond donors (Lipinski definition) is 1. The Bertz CT molecular complexity index is 129. The van der Waals surface area contributed by atoms with Crippen LogP contribution in [0.3, 0.4) is 0 Å². The molecule has 1 atom stereocenters. The maximum Gasteiger partial charge on any atom is 0.121 e. The van der Waals surface area contributed by atoms with Crippen LogP contribution in [0.1, 0.15) is 7.43 Å². The van der Waals surface area contributed by atoms with Crippen LogP contribution in [0, 0.1) is 0 Å². The highest BCUT2D eigenvalue weighted by molar-refractivity contribution is 4.91. The van der Waals surface area contributed by atoms with E-state index in [1.807, 2.05) is 12.2 Å².